The van der Waals surface area contributed by atoms with Gasteiger partial charge in [0.25, 0.3) is 0 Å². The highest BCUT2D eigenvalue weighted by Gasteiger charge is 2.52. The monoisotopic (exact) mass is 278 g/mol. The highest BCUT2D eigenvalue weighted by molar-refractivity contribution is 5.89. The molecule has 1 aliphatic heterocycles. The number of nitrogens with zero attached hydrogens (tertiary/aromatic N) is 2. The largest absolute Gasteiger partial charge is 0.597 e. The summed E-state index contributed by atoms with van der Waals surface area (Å²) >= 11 is 0. The Labute approximate surface area is 117 Å². The van der Waals surface area contributed by atoms with Crippen LogP contribution in [0.15, 0.2) is 29.4 Å². The smallest absolute Gasteiger partial charge is 0.343 e. The van der Waals surface area contributed by atoms with Crippen LogP contribution in [0.5, 0.6) is 5.75 Å². The summed E-state index contributed by atoms with van der Waals surface area (Å²) in [6.07, 6.45) is 0.353. The molecule has 0 bridgehead atoms. The zero-order valence-electron chi connectivity index (χ0n) is 12.0. The Kier molecular flexibility index (Phi) is 3.41. The first kappa shape index (κ1) is 14.3. The second-order valence-corrected chi connectivity index (χ2v) is 5.66. The molecule has 0 aliphatic carbocycles. The van der Waals surface area contributed by atoms with E-state index in [4.69, 9.17) is 9.47 Å². The van der Waals surface area contributed by atoms with Crippen molar-refractivity contribution in [1.82, 2.24) is 0 Å². The molecule has 0 aromatic heterocycles. The lowest BCUT2D eigenvalue weighted by molar-refractivity contribution is -0.637. The summed E-state index contributed by atoms with van der Waals surface area (Å²) in [7, 11) is 1.55. The van der Waals surface area contributed by atoms with Crippen LogP contribution in [0.2, 0.25) is 0 Å². The van der Waals surface area contributed by atoms with E-state index < -0.39 is 17.2 Å². The standard InChI is InChI=1S/C14H18N2O4/c1-13(2)9-14(3,16(18)15-13)20-12(17)10-5-7-11(19-4)8-6-10/h5-8H,9H2,1-4H3. The number of rotatable bonds is 3. The Balaban J connectivity index is 2.13. The molecule has 1 atom stereocenters. The van der Waals surface area contributed by atoms with Crippen molar-refractivity contribution in [3.8, 4) is 5.75 Å². The molecule has 1 aliphatic rings. The Bertz CT molecular complexity index is 551. The molecule has 0 saturated heterocycles. The number of hydrogen-bond donors (Lipinski definition) is 0. The fourth-order valence-electron chi connectivity index (χ4n) is 2.32. The highest BCUT2D eigenvalue weighted by Crippen LogP contribution is 2.35. The van der Waals surface area contributed by atoms with Crippen LogP contribution in [0.1, 0.15) is 37.6 Å². The van der Waals surface area contributed by atoms with Crippen LogP contribution in [0.3, 0.4) is 0 Å². The molecule has 2 rings (SSSR count). The number of hydroxylamine groups is 1. The first-order chi connectivity index (χ1) is 9.26. The number of carbonyl (C=O) groups excluding carboxylic acids is 1. The normalized spacial score (nSPS) is 24.1. The quantitative estimate of drug-likeness (QED) is 0.484. The minimum absolute atomic E-state index is 0.353. The molecule has 0 saturated carbocycles. The van der Waals surface area contributed by atoms with Crippen LogP contribution in [0.25, 0.3) is 0 Å². The van der Waals surface area contributed by atoms with E-state index in [9.17, 15) is 10.0 Å². The molecular weight excluding hydrogens is 260 g/mol. The second-order valence-electron chi connectivity index (χ2n) is 5.66. The molecule has 1 aromatic carbocycles. The molecule has 0 radical (unpaired) electrons. The first-order valence-corrected chi connectivity index (χ1v) is 6.33. The summed E-state index contributed by atoms with van der Waals surface area (Å²) in [5.41, 5.74) is -1.43. The fraction of sp³-hybridized carbons (Fsp3) is 0.500. The molecule has 6 heteroatoms. The second kappa shape index (κ2) is 4.77. The Morgan fingerprint density at radius 1 is 1.30 bits per heavy atom. The lowest BCUT2D eigenvalue weighted by Gasteiger charge is -2.21. The maximum atomic E-state index is 12.1. The topological polar surface area (TPSA) is 74.0 Å². The third-order valence-corrected chi connectivity index (χ3v) is 3.17. The number of ether oxygens (including phenoxy) is 2. The lowest BCUT2D eigenvalue weighted by atomic mass is 9.97. The Hall–Kier alpha value is -2.11. The number of benzene rings is 1. The average Bonchev–Trinajstić information content (AvgIpc) is 2.57. The van der Waals surface area contributed by atoms with Crippen LogP contribution in [-0.4, -0.2) is 29.2 Å². The average molecular weight is 278 g/mol. The number of hydrogen-bond acceptors (Lipinski definition) is 5. The molecular formula is C14H18N2O4. The van der Waals surface area contributed by atoms with Crippen molar-refractivity contribution in [3.05, 3.63) is 35.0 Å². The van der Waals surface area contributed by atoms with E-state index in [1.165, 1.54) is 0 Å². The van der Waals surface area contributed by atoms with Crippen molar-refractivity contribution >= 4 is 5.97 Å². The van der Waals surface area contributed by atoms with E-state index in [0.717, 1.165) is 0 Å². The van der Waals surface area contributed by atoms with Gasteiger partial charge in [0, 0.05) is 6.92 Å². The van der Waals surface area contributed by atoms with Crippen molar-refractivity contribution in [3.63, 3.8) is 0 Å². The van der Waals surface area contributed by atoms with Crippen molar-refractivity contribution in [1.29, 1.82) is 0 Å². The van der Waals surface area contributed by atoms with Gasteiger partial charge in [-0.3, -0.25) is 0 Å². The van der Waals surface area contributed by atoms with Crippen LogP contribution in [0.4, 0.5) is 0 Å². The molecule has 108 valence electrons. The van der Waals surface area contributed by atoms with Crippen LogP contribution >= 0.6 is 0 Å². The molecule has 0 fully saturated rings. The Morgan fingerprint density at radius 2 is 1.90 bits per heavy atom. The predicted molar refractivity (Wildman–Crippen MR) is 71.6 cm³/mol. The van der Waals surface area contributed by atoms with Crippen molar-refractivity contribution in [2.45, 2.75) is 38.5 Å². The summed E-state index contributed by atoms with van der Waals surface area (Å²) in [5.74, 6) is 0.0964. The van der Waals surface area contributed by atoms with Crippen molar-refractivity contribution in [2.75, 3.05) is 7.11 Å². The van der Waals surface area contributed by atoms with E-state index in [1.807, 2.05) is 13.8 Å². The van der Waals surface area contributed by atoms with Crippen molar-refractivity contribution in [2.24, 2.45) is 5.11 Å². The molecule has 0 spiro atoms. The summed E-state index contributed by atoms with van der Waals surface area (Å²) in [6.45, 7) is 5.22. The van der Waals surface area contributed by atoms with Gasteiger partial charge in [0.15, 0.2) is 0 Å². The maximum absolute atomic E-state index is 12.1. The zero-order valence-corrected chi connectivity index (χ0v) is 12.0. The van der Waals surface area contributed by atoms with E-state index in [-0.39, 0.29) is 0 Å². The third-order valence-electron chi connectivity index (χ3n) is 3.17. The van der Waals surface area contributed by atoms with Gasteiger partial charge in [0.2, 0.25) is 0 Å². The maximum Gasteiger partial charge on any atom is 0.343 e. The zero-order chi connectivity index (χ0) is 15.0. The van der Waals surface area contributed by atoms with E-state index in [1.54, 1.807) is 38.3 Å². The van der Waals surface area contributed by atoms with Gasteiger partial charge in [-0.2, -0.15) is 0 Å². The van der Waals surface area contributed by atoms with Gasteiger partial charge in [0.05, 0.1) is 19.1 Å². The van der Waals surface area contributed by atoms with Crippen molar-refractivity contribution < 1.29 is 19.1 Å². The molecule has 1 unspecified atom stereocenters. The SMILES string of the molecule is COc1ccc(C(=O)OC2(C)CC(C)(C)N=[N+]2[O-])cc1. The molecule has 20 heavy (non-hydrogen) atoms. The molecule has 1 heterocycles. The molecule has 6 nitrogen and oxygen atoms in total. The molecule has 1 aromatic rings. The minimum Gasteiger partial charge on any atom is -0.597 e. The minimum atomic E-state index is -1.26. The van der Waals surface area contributed by atoms with Crippen LogP contribution in [0, 0.1) is 5.21 Å². The summed E-state index contributed by atoms with van der Waals surface area (Å²) in [6, 6.07) is 6.52. The van der Waals surface area contributed by atoms with Crippen LogP contribution in [-0.2, 0) is 4.74 Å². The number of esters is 1. The summed E-state index contributed by atoms with van der Waals surface area (Å²) in [5, 5.41) is 15.8. The van der Waals surface area contributed by atoms with E-state index >= 15 is 0 Å². The van der Waals surface area contributed by atoms with Crippen LogP contribution < -0.4 is 4.74 Å². The lowest BCUT2D eigenvalue weighted by Crippen LogP contribution is -2.39. The fourth-order valence-corrected chi connectivity index (χ4v) is 2.32. The van der Waals surface area contributed by atoms with Gasteiger partial charge in [0.1, 0.15) is 11.3 Å². The van der Waals surface area contributed by atoms with Gasteiger partial charge >= 0.3 is 11.7 Å². The van der Waals surface area contributed by atoms with Gasteiger partial charge < -0.3 is 14.7 Å². The van der Waals surface area contributed by atoms with E-state index in [2.05, 4.69) is 5.11 Å². The highest BCUT2D eigenvalue weighted by atomic mass is 16.6. The van der Waals surface area contributed by atoms with Gasteiger partial charge in [-0.15, -0.1) is 0 Å². The third kappa shape index (κ3) is 2.74. The summed E-state index contributed by atoms with van der Waals surface area (Å²) in [4.78, 5) is 12.6. The number of methoxy groups -OCH3 is 1. The predicted octanol–water partition coefficient (Wildman–Crippen LogP) is 2.71. The number of azo groups is 1. The van der Waals surface area contributed by atoms with Gasteiger partial charge in [-0.25, -0.2) is 4.79 Å². The molecule has 0 N–H and O–H groups in total. The number of carbonyl (C=O) groups is 1. The molecule has 0 amide bonds. The Morgan fingerprint density at radius 3 is 2.35 bits per heavy atom. The van der Waals surface area contributed by atoms with Gasteiger partial charge in [-0.05, 0) is 43.2 Å². The van der Waals surface area contributed by atoms with Gasteiger partial charge in [-0.1, -0.05) is 4.86 Å². The van der Waals surface area contributed by atoms with E-state index in [0.29, 0.717) is 22.6 Å². The summed E-state index contributed by atoms with van der Waals surface area (Å²) < 4.78 is 10.4. The first-order valence-electron chi connectivity index (χ1n) is 6.33.